The third-order valence-electron chi connectivity index (χ3n) is 5.85. The number of hydrogen-bond donors (Lipinski definition) is 2. The first kappa shape index (κ1) is 20.5. The van der Waals surface area contributed by atoms with Crippen molar-refractivity contribution in [2.24, 2.45) is 0 Å². The number of ether oxygens (including phenoxy) is 1. The maximum atomic E-state index is 12.3. The minimum Gasteiger partial charge on any atom is -0.379 e. The number of pyridine rings is 1. The molecule has 166 valence electrons. The number of aliphatic hydroxyl groups is 1. The van der Waals surface area contributed by atoms with E-state index in [4.69, 9.17) is 9.26 Å². The molecule has 5 heterocycles. The number of anilines is 1. The molecule has 2 saturated heterocycles. The summed E-state index contributed by atoms with van der Waals surface area (Å²) in [6.45, 7) is 1.89. The molecule has 0 spiro atoms. The van der Waals surface area contributed by atoms with Crippen LogP contribution in [-0.2, 0) is 15.1 Å². The zero-order valence-corrected chi connectivity index (χ0v) is 17.7. The Labute approximate surface area is 184 Å². The van der Waals surface area contributed by atoms with Crippen LogP contribution in [0.2, 0.25) is 0 Å². The number of amides is 1. The highest BCUT2D eigenvalue weighted by atomic mass is 16.5. The van der Waals surface area contributed by atoms with Crippen LogP contribution in [0.4, 0.5) is 5.95 Å². The summed E-state index contributed by atoms with van der Waals surface area (Å²) >= 11 is 0. The highest BCUT2D eigenvalue weighted by Gasteiger charge is 2.48. The third-order valence-corrected chi connectivity index (χ3v) is 5.85. The van der Waals surface area contributed by atoms with Gasteiger partial charge in [-0.3, -0.25) is 4.79 Å². The molecule has 0 aliphatic carbocycles. The van der Waals surface area contributed by atoms with Crippen LogP contribution in [0.25, 0.3) is 22.8 Å². The molecule has 0 saturated carbocycles. The van der Waals surface area contributed by atoms with Gasteiger partial charge in [-0.05, 0) is 31.0 Å². The lowest BCUT2D eigenvalue weighted by Gasteiger charge is -2.23. The van der Waals surface area contributed by atoms with Crippen LogP contribution in [0.15, 0.2) is 41.1 Å². The minimum atomic E-state index is -1.69. The normalized spacial score (nSPS) is 23.5. The quantitative estimate of drug-likeness (QED) is 0.616. The number of aromatic nitrogens is 4. The monoisotopic (exact) mass is 436 g/mol. The number of hydrogen-bond acceptors (Lipinski definition) is 9. The average molecular weight is 436 g/mol. The van der Waals surface area contributed by atoms with Crippen molar-refractivity contribution in [2.75, 3.05) is 32.1 Å². The molecule has 1 unspecified atom stereocenters. The Morgan fingerprint density at radius 2 is 2.00 bits per heavy atom. The van der Waals surface area contributed by atoms with E-state index in [0.29, 0.717) is 41.9 Å². The average Bonchev–Trinajstić information content (AvgIpc) is 3.43. The second kappa shape index (κ2) is 8.29. The van der Waals surface area contributed by atoms with E-state index in [1.165, 1.54) is 4.90 Å². The van der Waals surface area contributed by atoms with Gasteiger partial charge in [0.25, 0.3) is 5.91 Å². The Hall–Kier alpha value is -3.37. The third kappa shape index (κ3) is 3.82. The van der Waals surface area contributed by atoms with Crippen molar-refractivity contribution in [3.05, 3.63) is 42.3 Å². The fourth-order valence-corrected chi connectivity index (χ4v) is 4.00. The SMILES string of the molecule is CN1CC[C@@](O)(c2cc(-c3cccc(-c4ccnc(NC5CCCOC5)n4)n3)no2)C1=O. The molecule has 3 aromatic rings. The molecule has 0 bridgehead atoms. The van der Waals surface area contributed by atoms with E-state index in [1.807, 2.05) is 12.1 Å². The minimum absolute atomic E-state index is 0.122. The van der Waals surface area contributed by atoms with Gasteiger partial charge in [-0.25, -0.2) is 15.0 Å². The van der Waals surface area contributed by atoms with E-state index in [-0.39, 0.29) is 18.2 Å². The molecule has 2 atom stereocenters. The number of likely N-dealkylation sites (N-methyl/N-ethyl adjacent to an activating group) is 1. The van der Waals surface area contributed by atoms with Gasteiger partial charge in [-0.1, -0.05) is 11.2 Å². The van der Waals surface area contributed by atoms with Gasteiger partial charge in [0.2, 0.25) is 11.5 Å². The summed E-state index contributed by atoms with van der Waals surface area (Å²) < 4.78 is 10.8. The molecule has 0 radical (unpaired) electrons. The van der Waals surface area contributed by atoms with E-state index in [0.717, 1.165) is 19.4 Å². The number of likely N-dealkylation sites (tertiary alicyclic amines) is 1. The smallest absolute Gasteiger partial charge is 0.262 e. The van der Waals surface area contributed by atoms with Crippen LogP contribution in [0.1, 0.15) is 25.0 Å². The first-order valence-electron chi connectivity index (χ1n) is 10.6. The Morgan fingerprint density at radius 1 is 1.19 bits per heavy atom. The molecule has 2 aliphatic heterocycles. The molecule has 1 amide bonds. The number of carbonyl (C=O) groups excluding carboxylic acids is 1. The van der Waals surface area contributed by atoms with Gasteiger partial charge in [-0.2, -0.15) is 0 Å². The molecular formula is C22H24N6O4. The molecule has 2 fully saturated rings. The molecule has 2 N–H and O–H groups in total. The van der Waals surface area contributed by atoms with Crippen LogP contribution >= 0.6 is 0 Å². The van der Waals surface area contributed by atoms with Crippen molar-refractivity contribution in [3.8, 4) is 22.8 Å². The van der Waals surface area contributed by atoms with Crippen molar-refractivity contribution in [3.63, 3.8) is 0 Å². The van der Waals surface area contributed by atoms with E-state index < -0.39 is 11.5 Å². The fourth-order valence-electron chi connectivity index (χ4n) is 4.00. The van der Waals surface area contributed by atoms with Gasteiger partial charge >= 0.3 is 0 Å². The molecule has 32 heavy (non-hydrogen) atoms. The first-order chi connectivity index (χ1) is 15.5. The summed E-state index contributed by atoms with van der Waals surface area (Å²) in [5, 5.41) is 18.1. The van der Waals surface area contributed by atoms with Gasteiger partial charge in [0.15, 0.2) is 5.76 Å². The lowest BCUT2D eigenvalue weighted by molar-refractivity contribution is -0.144. The summed E-state index contributed by atoms with van der Waals surface area (Å²) in [5.74, 6) is 0.253. The maximum Gasteiger partial charge on any atom is 0.262 e. The zero-order valence-electron chi connectivity index (χ0n) is 17.7. The summed E-state index contributed by atoms with van der Waals surface area (Å²) in [7, 11) is 1.65. The number of rotatable bonds is 5. The van der Waals surface area contributed by atoms with Crippen molar-refractivity contribution in [1.82, 2.24) is 25.0 Å². The van der Waals surface area contributed by atoms with Crippen LogP contribution < -0.4 is 5.32 Å². The Morgan fingerprint density at radius 3 is 2.75 bits per heavy atom. The van der Waals surface area contributed by atoms with Gasteiger partial charge in [-0.15, -0.1) is 0 Å². The van der Waals surface area contributed by atoms with Gasteiger partial charge in [0.1, 0.15) is 5.69 Å². The molecule has 0 aromatic carbocycles. The fraction of sp³-hybridized carbons (Fsp3) is 0.409. The molecule has 2 aliphatic rings. The summed E-state index contributed by atoms with van der Waals surface area (Å²) in [6.07, 6.45) is 3.97. The van der Waals surface area contributed by atoms with Crippen molar-refractivity contribution in [2.45, 2.75) is 30.9 Å². The van der Waals surface area contributed by atoms with E-state index in [1.54, 1.807) is 31.4 Å². The highest BCUT2D eigenvalue weighted by molar-refractivity contribution is 5.87. The number of carbonyl (C=O) groups is 1. The van der Waals surface area contributed by atoms with Crippen LogP contribution in [0, 0.1) is 0 Å². The maximum absolute atomic E-state index is 12.3. The van der Waals surface area contributed by atoms with E-state index in [9.17, 15) is 9.90 Å². The van der Waals surface area contributed by atoms with Crippen molar-refractivity contribution in [1.29, 1.82) is 0 Å². The summed E-state index contributed by atoms with van der Waals surface area (Å²) in [6, 6.07) is 9.04. The molecule has 10 heteroatoms. The largest absolute Gasteiger partial charge is 0.379 e. The number of nitrogens with zero attached hydrogens (tertiary/aromatic N) is 5. The predicted octanol–water partition coefficient (Wildman–Crippen LogP) is 1.83. The second-order valence-electron chi connectivity index (χ2n) is 8.15. The van der Waals surface area contributed by atoms with Crippen LogP contribution in [-0.4, -0.2) is 68.9 Å². The topological polar surface area (TPSA) is 126 Å². The van der Waals surface area contributed by atoms with Crippen molar-refractivity contribution < 1.29 is 19.2 Å². The van der Waals surface area contributed by atoms with E-state index >= 15 is 0 Å². The zero-order chi connectivity index (χ0) is 22.1. The Balaban J connectivity index is 1.38. The summed E-state index contributed by atoms with van der Waals surface area (Å²) in [5.41, 5.74) is 0.607. The lowest BCUT2D eigenvalue weighted by atomic mass is 9.98. The highest BCUT2D eigenvalue weighted by Crippen LogP contribution is 2.34. The lowest BCUT2D eigenvalue weighted by Crippen LogP contribution is -2.35. The van der Waals surface area contributed by atoms with Crippen LogP contribution in [0.5, 0.6) is 0 Å². The predicted molar refractivity (Wildman–Crippen MR) is 114 cm³/mol. The van der Waals surface area contributed by atoms with E-state index in [2.05, 4.69) is 25.4 Å². The molecular weight excluding hydrogens is 412 g/mol. The summed E-state index contributed by atoms with van der Waals surface area (Å²) in [4.78, 5) is 27.4. The molecule has 10 nitrogen and oxygen atoms in total. The Kier molecular flexibility index (Phi) is 5.32. The Bertz CT molecular complexity index is 1130. The van der Waals surface area contributed by atoms with Gasteiger partial charge in [0.05, 0.1) is 29.7 Å². The number of nitrogens with one attached hydrogen (secondary N) is 1. The molecule has 5 rings (SSSR count). The standard InChI is InChI=1S/C22H24N6O4/c1-28-10-8-22(30,20(28)29)19-12-18(27-32-19)16-6-2-5-15(25-16)17-7-9-23-21(26-17)24-14-4-3-11-31-13-14/h2,5-7,9,12,14,30H,3-4,8,10-11,13H2,1H3,(H,23,24,26)/t14?,22-/m1/s1. The van der Waals surface area contributed by atoms with Gasteiger partial charge < -0.3 is 24.6 Å². The first-order valence-corrected chi connectivity index (χ1v) is 10.6. The molecule has 3 aromatic heterocycles. The van der Waals surface area contributed by atoms with Crippen LogP contribution in [0.3, 0.4) is 0 Å². The van der Waals surface area contributed by atoms with Crippen molar-refractivity contribution >= 4 is 11.9 Å². The van der Waals surface area contributed by atoms with Gasteiger partial charge in [0, 0.05) is 38.9 Å². The second-order valence-corrected chi connectivity index (χ2v) is 8.15.